The molecule has 0 radical (unpaired) electrons. The fourth-order valence-electron chi connectivity index (χ4n) is 0.711. The van der Waals surface area contributed by atoms with Crippen molar-refractivity contribution in [2.75, 3.05) is 0 Å². The van der Waals surface area contributed by atoms with Gasteiger partial charge in [-0.1, -0.05) is 0 Å². The van der Waals surface area contributed by atoms with E-state index in [1.807, 2.05) is 0 Å². The molecule has 10 heteroatoms. The van der Waals surface area contributed by atoms with Crippen molar-refractivity contribution in [2.24, 2.45) is 0 Å². The first-order valence-electron chi connectivity index (χ1n) is 3.72. The summed E-state index contributed by atoms with van der Waals surface area (Å²) < 4.78 is 32.3. The van der Waals surface area contributed by atoms with Crippen molar-refractivity contribution in [1.82, 2.24) is 0 Å². The van der Waals surface area contributed by atoms with Gasteiger partial charge in [-0.25, -0.2) is 8.98 Å². The third kappa shape index (κ3) is 5.50. The Kier molecular flexibility index (Phi) is 5.17. The molecule has 0 bridgehead atoms. The van der Waals surface area contributed by atoms with Crippen molar-refractivity contribution in [3.8, 4) is 0 Å². The number of aliphatic carboxylic acids is 1. The Balaban J connectivity index is 4.55. The maximum Gasteiger partial charge on any atom is 0.398 e. The normalized spacial score (nSPS) is 15.1. The van der Waals surface area contributed by atoms with Gasteiger partial charge in [-0.2, -0.15) is 8.42 Å². The van der Waals surface area contributed by atoms with Gasteiger partial charge in [-0.15, -0.1) is 0 Å². The van der Waals surface area contributed by atoms with Crippen LogP contribution in [-0.4, -0.2) is 53.4 Å². The first-order valence-corrected chi connectivity index (χ1v) is 5.09. The molecule has 0 aliphatic rings. The van der Waals surface area contributed by atoms with Crippen LogP contribution in [0.1, 0.15) is 6.42 Å². The predicted octanol–water partition coefficient (Wildman–Crippen LogP) is -2.22. The molecule has 0 aromatic heterocycles. The Hall–Kier alpha value is -1.36. The van der Waals surface area contributed by atoms with Gasteiger partial charge in [0.15, 0.2) is 12.4 Å². The van der Waals surface area contributed by atoms with Gasteiger partial charge in [0.05, 0.1) is 6.10 Å². The lowest BCUT2D eigenvalue weighted by atomic mass is 10.1. The summed E-state index contributed by atoms with van der Waals surface area (Å²) in [7, 11) is -4.99. The van der Waals surface area contributed by atoms with Crippen molar-refractivity contribution in [3.05, 3.63) is 0 Å². The number of aliphatic hydroxyl groups excluding tert-OH is 1. The summed E-state index contributed by atoms with van der Waals surface area (Å²) in [6, 6.07) is 0. The largest absolute Gasteiger partial charge is 0.475 e. The van der Waals surface area contributed by atoms with E-state index in [9.17, 15) is 22.8 Å². The fourth-order valence-corrected chi connectivity index (χ4v) is 1.17. The van der Waals surface area contributed by atoms with Crippen LogP contribution in [0.2, 0.25) is 0 Å². The molecular formula is C6H8O9S. The molecular weight excluding hydrogens is 248 g/mol. The minimum absolute atomic E-state index is 0.187. The molecule has 0 saturated heterocycles. The lowest BCUT2D eigenvalue weighted by molar-refractivity contribution is -0.150. The lowest BCUT2D eigenvalue weighted by Crippen LogP contribution is -2.35. The molecule has 0 amide bonds. The van der Waals surface area contributed by atoms with Crippen molar-refractivity contribution < 1.29 is 41.8 Å². The van der Waals surface area contributed by atoms with Gasteiger partial charge in [0.2, 0.25) is 5.78 Å². The van der Waals surface area contributed by atoms with Crippen LogP contribution >= 0.6 is 0 Å². The number of hydrogen-bond acceptors (Lipinski definition) is 7. The van der Waals surface area contributed by atoms with E-state index >= 15 is 0 Å². The molecule has 9 nitrogen and oxygen atoms in total. The minimum atomic E-state index is -4.99. The number of carbonyl (C=O) groups excluding carboxylic acids is 2. The molecule has 0 fully saturated rings. The fraction of sp³-hybridized carbons (Fsp3) is 0.500. The van der Waals surface area contributed by atoms with Crippen LogP contribution < -0.4 is 0 Å². The first kappa shape index (κ1) is 14.6. The Morgan fingerprint density at radius 1 is 1.38 bits per heavy atom. The highest BCUT2D eigenvalue weighted by Gasteiger charge is 2.28. The van der Waals surface area contributed by atoms with Gasteiger partial charge in [0.1, 0.15) is 0 Å². The number of carboxylic acids is 1. The highest BCUT2D eigenvalue weighted by atomic mass is 32.3. The van der Waals surface area contributed by atoms with Crippen LogP contribution in [0.15, 0.2) is 0 Å². The minimum Gasteiger partial charge on any atom is -0.475 e. The number of hydrogen-bond donors (Lipinski definition) is 3. The molecule has 0 rings (SSSR count). The summed E-state index contributed by atoms with van der Waals surface area (Å²) in [5.41, 5.74) is 0. The molecule has 2 atom stereocenters. The molecule has 0 spiro atoms. The average molecular weight is 256 g/mol. The van der Waals surface area contributed by atoms with Gasteiger partial charge in [-0.3, -0.25) is 9.35 Å². The monoisotopic (exact) mass is 256 g/mol. The van der Waals surface area contributed by atoms with E-state index in [1.54, 1.807) is 0 Å². The third-order valence-corrected chi connectivity index (χ3v) is 1.84. The molecule has 16 heavy (non-hydrogen) atoms. The zero-order chi connectivity index (χ0) is 12.9. The van der Waals surface area contributed by atoms with Gasteiger partial charge in [0, 0.05) is 6.42 Å². The van der Waals surface area contributed by atoms with E-state index in [1.165, 1.54) is 0 Å². The molecule has 0 saturated carbocycles. The summed E-state index contributed by atoms with van der Waals surface area (Å²) in [5.74, 6) is -3.28. The Bertz CT molecular complexity index is 383. The SMILES string of the molecule is O=C[C@H](OS(=O)(=O)O)[C@@H](O)CC(=O)C(=O)O. The summed E-state index contributed by atoms with van der Waals surface area (Å²) in [4.78, 5) is 30.9. The standard InChI is InChI=1S/C6H8O9S/c7-2-5(15-16(12,13)14)3(8)1-4(9)6(10)11/h2-3,5,8H,1H2,(H,10,11)(H,12,13,14)/t3-,5-/m0/s1. The van der Waals surface area contributed by atoms with Crippen LogP contribution in [0.25, 0.3) is 0 Å². The van der Waals surface area contributed by atoms with Gasteiger partial charge < -0.3 is 15.0 Å². The van der Waals surface area contributed by atoms with Crippen LogP contribution in [0.5, 0.6) is 0 Å². The number of carboxylic acid groups (broad SMARTS) is 1. The van der Waals surface area contributed by atoms with Crippen molar-refractivity contribution in [3.63, 3.8) is 0 Å². The van der Waals surface area contributed by atoms with Crippen molar-refractivity contribution >= 4 is 28.4 Å². The third-order valence-electron chi connectivity index (χ3n) is 1.38. The van der Waals surface area contributed by atoms with Gasteiger partial charge in [0.25, 0.3) is 0 Å². The summed E-state index contributed by atoms with van der Waals surface area (Å²) >= 11 is 0. The number of ketones is 1. The lowest BCUT2D eigenvalue weighted by Gasteiger charge is -2.14. The van der Waals surface area contributed by atoms with E-state index in [2.05, 4.69) is 4.18 Å². The molecule has 0 unspecified atom stereocenters. The average Bonchev–Trinajstić information content (AvgIpc) is 2.12. The topological polar surface area (TPSA) is 155 Å². The van der Waals surface area contributed by atoms with Crippen LogP contribution in [-0.2, 0) is 29.0 Å². The van der Waals surface area contributed by atoms with E-state index in [-0.39, 0.29) is 6.29 Å². The van der Waals surface area contributed by atoms with Gasteiger partial charge in [-0.05, 0) is 0 Å². The molecule has 92 valence electrons. The Labute approximate surface area is 89.6 Å². The van der Waals surface area contributed by atoms with Gasteiger partial charge >= 0.3 is 16.4 Å². The molecule has 3 N–H and O–H groups in total. The zero-order valence-corrected chi connectivity index (χ0v) is 8.46. The van der Waals surface area contributed by atoms with E-state index in [4.69, 9.17) is 14.8 Å². The molecule has 0 aliphatic heterocycles. The maximum absolute atomic E-state index is 10.6. The zero-order valence-electron chi connectivity index (χ0n) is 7.64. The number of aliphatic hydroxyl groups is 1. The second-order valence-electron chi connectivity index (χ2n) is 2.62. The van der Waals surface area contributed by atoms with Crippen LogP contribution in [0.3, 0.4) is 0 Å². The number of Topliss-reactive ketones (excluding diaryl/α,β-unsaturated/α-hetero) is 1. The second-order valence-corrected chi connectivity index (χ2v) is 3.67. The molecule has 0 aromatic rings. The summed E-state index contributed by atoms with van der Waals surface area (Å²) in [6.07, 6.45) is -5.23. The molecule has 0 heterocycles. The predicted molar refractivity (Wildman–Crippen MR) is 45.8 cm³/mol. The number of rotatable bonds is 7. The summed E-state index contributed by atoms with van der Waals surface area (Å²) in [5, 5.41) is 17.2. The Morgan fingerprint density at radius 2 is 1.88 bits per heavy atom. The van der Waals surface area contributed by atoms with Crippen LogP contribution in [0.4, 0.5) is 0 Å². The van der Waals surface area contributed by atoms with E-state index in [0.717, 1.165) is 0 Å². The second kappa shape index (κ2) is 5.65. The quantitative estimate of drug-likeness (QED) is 0.261. The molecule has 0 aliphatic carbocycles. The highest BCUT2D eigenvalue weighted by molar-refractivity contribution is 7.80. The maximum atomic E-state index is 10.6. The first-order chi connectivity index (χ1) is 7.17. The van der Waals surface area contributed by atoms with Crippen molar-refractivity contribution in [2.45, 2.75) is 18.6 Å². The Morgan fingerprint density at radius 3 is 2.19 bits per heavy atom. The number of aldehydes is 1. The van der Waals surface area contributed by atoms with E-state index < -0.39 is 40.8 Å². The van der Waals surface area contributed by atoms with Crippen LogP contribution in [0, 0.1) is 0 Å². The number of carbonyl (C=O) groups is 3. The highest BCUT2D eigenvalue weighted by Crippen LogP contribution is 2.05. The summed E-state index contributed by atoms with van der Waals surface area (Å²) in [6.45, 7) is 0. The van der Waals surface area contributed by atoms with E-state index in [0.29, 0.717) is 0 Å². The van der Waals surface area contributed by atoms with Crippen molar-refractivity contribution in [1.29, 1.82) is 0 Å². The molecule has 0 aromatic carbocycles. The smallest absolute Gasteiger partial charge is 0.398 e.